The summed E-state index contributed by atoms with van der Waals surface area (Å²) in [5, 5.41) is 12.1. The molecule has 3 aromatic rings. The maximum absolute atomic E-state index is 12.5. The highest BCUT2D eigenvalue weighted by atomic mass is 79.9. The zero-order chi connectivity index (χ0) is 16.4. The Morgan fingerprint density at radius 3 is 2.62 bits per heavy atom. The fourth-order valence-electron chi connectivity index (χ4n) is 2.65. The standard InChI is InChI=1S/C18H15N2O3.BrH/c1-13-8-9-16-14(11-13)5-4-10-19(16)12-18(21)15-6-2-3-7-17(15)20(22)23;/h2-11H,12H2,1H3;1H/q+1;. The lowest BCUT2D eigenvalue weighted by atomic mass is 10.1. The molecule has 0 N–H and O–H groups in total. The first-order chi connectivity index (χ1) is 11.1. The maximum Gasteiger partial charge on any atom is 0.280 e. The molecule has 1 aromatic heterocycles. The lowest BCUT2D eigenvalue weighted by Gasteiger charge is -2.03. The predicted molar refractivity (Wildman–Crippen MR) is 96.6 cm³/mol. The first-order valence-electron chi connectivity index (χ1n) is 7.22. The largest absolute Gasteiger partial charge is 0.287 e. The number of nitro benzene ring substituents is 1. The van der Waals surface area contributed by atoms with Crippen LogP contribution in [0.1, 0.15) is 15.9 Å². The van der Waals surface area contributed by atoms with Crippen molar-refractivity contribution in [3.05, 3.63) is 82.0 Å². The Morgan fingerprint density at radius 2 is 1.88 bits per heavy atom. The van der Waals surface area contributed by atoms with Gasteiger partial charge in [0.25, 0.3) is 5.69 Å². The van der Waals surface area contributed by atoms with E-state index in [1.54, 1.807) is 12.1 Å². The van der Waals surface area contributed by atoms with Gasteiger partial charge in [0, 0.05) is 23.6 Å². The smallest absolute Gasteiger partial charge is 0.280 e. The molecule has 2 aromatic carbocycles. The number of ketones is 1. The van der Waals surface area contributed by atoms with Crippen LogP contribution in [0.3, 0.4) is 0 Å². The molecule has 1 heterocycles. The Morgan fingerprint density at radius 1 is 1.12 bits per heavy atom. The predicted octanol–water partition coefficient (Wildman–Crippen LogP) is 3.80. The van der Waals surface area contributed by atoms with Crippen molar-refractivity contribution in [2.45, 2.75) is 13.5 Å². The van der Waals surface area contributed by atoms with Crippen LogP contribution in [0.5, 0.6) is 0 Å². The number of fused-ring (bicyclic) bond motifs is 1. The van der Waals surface area contributed by atoms with Gasteiger partial charge in [-0.05, 0) is 25.1 Å². The van der Waals surface area contributed by atoms with Gasteiger partial charge in [0.15, 0.2) is 6.20 Å². The van der Waals surface area contributed by atoms with Crippen molar-refractivity contribution in [3.63, 3.8) is 0 Å². The Balaban J connectivity index is 0.00000208. The van der Waals surface area contributed by atoms with Crippen molar-refractivity contribution < 1.29 is 14.3 Å². The molecule has 0 fully saturated rings. The van der Waals surface area contributed by atoms with Crippen LogP contribution in [0.2, 0.25) is 0 Å². The van der Waals surface area contributed by atoms with Gasteiger partial charge < -0.3 is 0 Å². The fraction of sp³-hybridized carbons (Fsp3) is 0.111. The third-order valence-electron chi connectivity index (χ3n) is 3.75. The van der Waals surface area contributed by atoms with Gasteiger partial charge in [-0.15, -0.1) is 17.0 Å². The van der Waals surface area contributed by atoms with Gasteiger partial charge in [0.05, 0.1) is 4.92 Å². The van der Waals surface area contributed by atoms with Gasteiger partial charge in [-0.3, -0.25) is 14.9 Å². The molecule has 0 aliphatic heterocycles. The molecule has 0 bridgehead atoms. The topological polar surface area (TPSA) is 64.1 Å². The number of Topliss-reactive ketones (excluding diaryl/α,β-unsaturated/α-hetero) is 1. The number of para-hydroxylation sites is 1. The number of pyridine rings is 1. The molecule has 0 aliphatic carbocycles. The van der Waals surface area contributed by atoms with E-state index in [0.717, 1.165) is 16.5 Å². The summed E-state index contributed by atoms with van der Waals surface area (Å²) in [6.07, 6.45) is 1.81. The first kappa shape index (κ1) is 17.7. The number of halogens is 1. The highest BCUT2D eigenvalue weighted by molar-refractivity contribution is 8.93. The minimum absolute atomic E-state index is 0. The van der Waals surface area contributed by atoms with Crippen LogP contribution in [0, 0.1) is 17.0 Å². The molecule has 122 valence electrons. The van der Waals surface area contributed by atoms with Crippen molar-refractivity contribution in [3.8, 4) is 0 Å². The second kappa shape index (κ2) is 7.31. The summed E-state index contributed by atoms with van der Waals surface area (Å²) in [7, 11) is 0. The number of hydrogen-bond acceptors (Lipinski definition) is 3. The fourth-order valence-corrected chi connectivity index (χ4v) is 2.65. The van der Waals surface area contributed by atoms with Gasteiger partial charge >= 0.3 is 0 Å². The number of hydrogen-bond donors (Lipinski definition) is 0. The van der Waals surface area contributed by atoms with Crippen molar-refractivity contribution in [2.24, 2.45) is 0 Å². The van der Waals surface area contributed by atoms with Crippen LogP contribution >= 0.6 is 17.0 Å². The third-order valence-corrected chi connectivity index (χ3v) is 3.75. The number of aromatic nitrogens is 1. The first-order valence-corrected chi connectivity index (χ1v) is 7.22. The summed E-state index contributed by atoms with van der Waals surface area (Å²) in [4.78, 5) is 23.1. The second-order valence-electron chi connectivity index (χ2n) is 5.40. The van der Waals surface area contributed by atoms with Gasteiger partial charge in [-0.1, -0.05) is 23.8 Å². The Bertz CT molecular complexity index is 925. The average molecular weight is 388 g/mol. The van der Waals surface area contributed by atoms with Crippen LogP contribution < -0.4 is 4.57 Å². The maximum atomic E-state index is 12.5. The third kappa shape index (κ3) is 3.49. The molecule has 5 nitrogen and oxygen atoms in total. The summed E-state index contributed by atoms with van der Waals surface area (Å²) < 4.78 is 1.81. The molecular formula is C18H16BrN2O3+. The molecular weight excluding hydrogens is 372 g/mol. The van der Waals surface area contributed by atoms with E-state index < -0.39 is 4.92 Å². The van der Waals surface area contributed by atoms with E-state index in [1.165, 1.54) is 12.1 Å². The Hall–Kier alpha value is -2.60. The van der Waals surface area contributed by atoms with Crippen LogP contribution in [0.15, 0.2) is 60.8 Å². The normalized spacial score (nSPS) is 10.2. The lowest BCUT2D eigenvalue weighted by molar-refractivity contribution is -0.657. The highest BCUT2D eigenvalue weighted by Crippen LogP contribution is 2.18. The summed E-state index contributed by atoms with van der Waals surface area (Å²) in [6, 6.07) is 15.9. The van der Waals surface area contributed by atoms with Crippen molar-refractivity contribution >= 4 is 39.4 Å². The number of aryl methyl sites for hydroxylation is 1. The van der Waals surface area contributed by atoms with E-state index in [9.17, 15) is 14.9 Å². The second-order valence-corrected chi connectivity index (χ2v) is 5.40. The zero-order valence-electron chi connectivity index (χ0n) is 13.0. The van der Waals surface area contributed by atoms with Gasteiger partial charge in [0.1, 0.15) is 5.56 Å². The van der Waals surface area contributed by atoms with Crippen molar-refractivity contribution in [1.29, 1.82) is 0 Å². The van der Waals surface area contributed by atoms with Gasteiger partial charge in [-0.25, -0.2) is 0 Å². The minimum atomic E-state index is -0.523. The van der Waals surface area contributed by atoms with E-state index in [-0.39, 0.29) is 40.6 Å². The van der Waals surface area contributed by atoms with E-state index in [0.29, 0.717) is 0 Å². The summed E-state index contributed by atoms with van der Waals surface area (Å²) in [5.74, 6) is -0.282. The van der Waals surface area contributed by atoms with Crippen LogP contribution in [0.4, 0.5) is 5.69 Å². The molecule has 3 rings (SSSR count). The van der Waals surface area contributed by atoms with Crippen LogP contribution in [-0.2, 0) is 6.54 Å². The SMILES string of the molecule is Br.Cc1ccc2c(ccc[n+]2CC(=O)c2ccccc2[N+](=O)[O-])c1. The molecule has 24 heavy (non-hydrogen) atoms. The van der Waals surface area contributed by atoms with Crippen LogP contribution in [-0.4, -0.2) is 10.7 Å². The van der Waals surface area contributed by atoms with E-state index in [2.05, 4.69) is 0 Å². The Labute approximate surface area is 149 Å². The molecule has 0 spiro atoms. The lowest BCUT2D eigenvalue weighted by Crippen LogP contribution is -2.38. The Kier molecular flexibility index (Phi) is 5.41. The summed E-state index contributed by atoms with van der Waals surface area (Å²) in [6.45, 7) is 2.07. The quantitative estimate of drug-likeness (QED) is 0.296. The minimum Gasteiger partial charge on any atom is -0.287 e. The van der Waals surface area contributed by atoms with Crippen LogP contribution in [0.25, 0.3) is 10.9 Å². The number of carbonyl (C=O) groups excluding carboxylic acids is 1. The molecule has 0 atom stereocenters. The van der Waals surface area contributed by atoms with E-state index >= 15 is 0 Å². The highest BCUT2D eigenvalue weighted by Gasteiger charge is 2.23. The number of rotatable bonds is 4. The van der Waals surface area contributed by atoms with E-state index in [4.69, 9.17) is 0 Å². The molecule has 0 unspecified atom stereocenters. The molecule has 0 radical (unpaired) electrons. The number of nitrogens with zero attached hydrogens (tertiary/aromatic N) is 2. The molecule has 6 heteroatoms. The monoisotopic (exact) mass is 387 g/mol. The van der Waals surface area contributed by atoms with Gasteiger partial charge in [0.2, 0.25) is 17.8 Å². The summed E-state index contributed by atoms with van der Waals surface area (Å²) >= 11 is 0. The zero-order valence-corrected chi connectivity index (χ0v) is 14.7. The average Bonchev–Trinajstić information content (AvgIpc) is 2.54. The molecule has 0 saturated heterocycles. The molecule has 0 saturated carbocycles. The van der Waals surface area contributed by atoms with Crippen molar-refractivity contribution in [1.82, 2.24) is 0 Å². The number of benzene rings is 2. The van der Waals surface area contributed by atoms with Gasteiger partial charge in [-0.2, -0.15) is 4.57 Å². The number of nitro groups is 1. The van der Waals surface area contributed by atoms with Crippen molar-refractivity contribution in [2.75, 3.05) is 0 Å². The molecule has 0 amide bonds. The molecule has 0 aliphatic rings. The van der Waals surface area contributed by atoms with E-state index in [1.807, 2.05) is 48.0 Å². The number of carbonyl (C=O) groups is 1. The summed E-state index contributed by atoms with van der Waals surface area (Å²) in [5.41, 5.74) is 2.04.